The number of carbonyl (C=O) groups excluding carboxylic acids is 1. The van der Waals surface area contributed by atoms with Gasteiger partial charge in [-0.1, -0.05) is 20.8 Å². The summed E-state index contributed by atoms with van der Waals surface area (Å²) in [6, 6.07) is 0.333. The van der Waals surface area contributed by atoms with Gasteiger partial charge in [0.25, 0.3) is 0 Å². The van der Waals surface area contributed by atoms with E-state index in [1.807, 2.05) is 4.90 Å². The highest BCUT2D eigenvalue weighted by Crippen LogP contribution is 2.52. The molecule has 1 saturated heterocycles. The molecule has 104 valence electrons. The van der Waals surface area contributed by atoms with Crippen molar-refractivity contribution in [2.45, 2.75) is 46.1 Å². The van der Waals surface area contributed by atoms with Gasteiger partial charge in [-0.25, -0.2) is 4.79 Å². The quantitative estimate of drug-likeness (QED) is 0.860. The van der Waals surface area contributed by atoms with E-state index in [2.05, 4.69) is 34.8 Å². The predicted octanol–water partition coefficient (Wildman–Crippen LogP) is 2.97. The molecule has 2 heterocycles. The average Bonchev–Trinajstić information content (AvgIpc) is 2.83. The Morgan fingerprint density at radius 1 is 1.47 bits per heavy atom. The summed E-state index contributed by atoms with van der Waals surface area (Å²) in [5.74, 6) is 0.556. The zero-order valence-electron chi connectivity index (χ0n) is 11.6. The summed E-state index contributed by atoms with van der Waals surface area (Å²) in [6.45, 7) is 7.77. The van der Waals surface area contributed by atoms with Gasteiger partial charge in [0.2, 0.25) is 0 Å². The molecular formula is C13H20N4OS. The van der Waals surface area contributed by atoms with Gasteiger partial charge in [0.15, 0.2) is 5.82 Å². The molecule has 1 aromatic rings. The SMILES string of the molecule is CC1(C)C[C@H]2C[C@@](C)(CN2C(=O)Nc2cnsn2)C1. The van der Waals surface area contributed by atoms with Crippen LogP contribution in [0, 0.1) is 10.8 Å². The van der Waals surface area contributed by atoms with Crippen LogP contribution in [0.3, 0.4) is 0 Å². The Hall–Kier alpha value is -1.17. The highest BCUT2D eigenvalue weighted by Gasteiger charge is 2.51. The van der Waals surface area contributed by atoms with E-state index in [-0.39, 0.29) is 11.4 Å². The van der Waals surface area contributed by atoms with Crippen molar-refractivity contribution >= 4 is 23.6 Å². The van der Waals surface area contributed by atoms with Crippen LogP contribution >= 0.6 is 11.7 Å². The first-order chi connectivity index (χ1) is 8.87. The van der Waals surface area contributed by atoms with Crippen molar-refractivity contribution in [1.82, 2.24) is 13.6 Å². The molecule has 1 aliphatic heterocycles. The smallest absolute Gasteiger partial charge is 0.321 e. The molecule has 1 aliphatic carbocycles. The Morgan fingerprint density at radius 3 is 2.95 bits per heavy atom. The summed E-state index contributed by atoms with van der Waals surface area (Å²) in [6.07, 6.45) is 5.00. The van der Waals surface area contributed by atoms with Crippen LogP contribution in [0.2, 0.25) is 0 Å². The fourth-order valence-corrected chi connectivity index (χ4v) is 4.47. The summed E-state index contributed by atoms with van der Waals surface area (Å²) in [4.78, 5) is 14.4. The van der Waals surface area contributed by atoms with Crippen LogP contribution in [0.5, 0.6) is 0 Å². The number of likely N-dealkylation sites (tertiary alicyclic amines) is 1. The average molecular weight is 280 g/mol. The minimum atomic E-state index is -0.0286. The van der Waals surface area contributed by atoms with E-state index in [1.54, 1.807) is 6.20 Å². The summed E-state index contributed by atoms with van der Waals surface area (Å²) in [5, 5.41) is 2.84. The molecule has 6 heteroatoms. The van der Waals surface area contributed by atoms with Gasteiger partial charge in [0, 0.05) is 12.6 Å². The topological polar surface area (TPSA) is 58.1 Å². The summed E-state index contributed by atoms with van der Waals surface area (Å²) in [5.41, 5.74) is 0.596. The Kier molecular flexibility index (Phi) is 2.81. The number of hydrogen-bond acceptors (Lipinski definition) is 4. The maximum atomic E-state index is 12.4. The van der Waals surface area contributed by atoms with Crippen molar-refractivity contribution in [3.8, 4) is 0 Å². The van der Waals surface area contributed by atoms with Gasteiger partial charge in [-0.05, 0) is 30.1 Å². The number of rotatable bonds is 1. The lowest BCUT2D eigenvalue weighted by Gasteiger charge is -2.39. The number of hydrogen-bond donors (Lipinski definition) is 1. The van der Waals surface area contributed by atoms with Gasteiger partial charge >= 0.3 is 6.03 Å². The van der Waals surface area contributed by atoms with Crippen molar-refractivity contribution in [1.29, 1.82) is 0 Å². The lowest BCUT2D eigenvalue weighted by molar-refractivity contribution is 0.130. The lowest BCUT2D eigenvalue weighted by atomic mass is 9.65. The minimum absolute atomic E-state index is 0.0286. The van der Waals surface area contributed by atoms with Crippen LogP contribution in [0.25, 0.3) is 0 Å². The normalized spacial score (nSPS) is 32.4. The van der Waals surface area contributed by atoms with Gasteiger partial charge in [-0.3, -0.25) is 5.32 Å². The van der Waals surface area contributed by atoms with Crippen molar-refractivity contribution in [2.75, 3.05) is 11.9 Å². The Balaban J connectivity index is 1.74. The largest absolute Gasteiger partial charge is 0.323 e. The molecule has 19 heavy (non-hydrogen) atoms. The van der Waals surface area contributed by atoms with E-state index in [0.29, 0.717) is 17.3 Å². The van der Waals surface area contributed by atoms with Crippen LogP contribution in [0.4, 0.5) is 10.6 Å². The standard InChI is InChI=1S/C13H20N4OS/c1-12(2)4-9-5-13(3,7-12)8-17(9)11(18)15-10-6-14-19-16-10/h6,9H,4-5,7-8H2,1-3H3,(H,15,16,18)/t9-,13+/m0/s1. The molecule has 2 amide bonds. The van der Waals surface area contributed by atoms with Crippen LogP contribution in [-0.4, -0.2) is 32.3 Å². The van der Waals surface area contributed by atoms with E-state index in [9.17, 15) is 4.79 Å². The lowest BCUT2D eigenvalue weighted by Crippen LogP contribution is -2.40. The third kappa shape index (κ3) is 2.45. The second-order valence-electron chi connectivity index (χ2n) is 7.06. The molecule has 2 aliphatic rings. The monoisotopic (exact) mass is 280 g/mol. The third-order valence-electron chi connectivity index (χ3n) is 4.27. The van der Waals surface area contributed by atoms with Crippen LogP contribution in [-0.2, 0) is 0 Å². The van der Waals surface area contributed by atoms with Gasteiger partial charge in [0.1, 0.15) is 0 Å². The minimum Gasteiger partial charge on any atom is -0.321 e. The molecule has 5 nitrogen and oxygen atoms in total. The molecule has 3 rings (SSSR count). The number of carbonyl (C=O) groups is 1. The Bertz CT molecular complexity index is 487. The number of anilines is 1. The molecule has 2 bridgehead atoms. The molecule has 0 radical (unpaired) electrons. The van der Waals surface area contributed by atoms with Crippen LogP contribution < -0.4 is 5.32 Å². The second-order valence-corrected chi connectivity index (χ2v) is 7.62. The number of aromatic nitrogens is 2. The van der Waals surface area contributed by atoms with E-state index in [4.69, 9.17) is 0 Å². The van der Waals surface area contributed by atoms with Gasteiger partial charge in [0.05, 0.1) is 17.9 Å². The third-order valence-corrected chi connectivity index (χ3v) is 4.75. The van der Waals surface area contributed by atoms with Crippen LogP contribution in [0.1, 0.15) is 40.0 Å². The molecule has 0 unspecified atom stereocenters. The van der Waals surface area contributed by atoms with E-state index < -0.39 is 0 Å². The number of nitrogens with zero attached hydrogens (tertiary/aromatic N) is 3. The highest BCUT2D eigenvalue weighted by molar-refractivity contribution is 6.99. The van der Waals surface area contributed by atoms with E-state index in [1.165, 1.54) is 6.42 Å². The first kappa shape index (κ1) is 12.8. The van der Waals surface area contributed by atoms with Crippen molar-refractivity contribution in [2.24, 2.45) is 10.8 Å². The Labute approximate surface area is 117 Å². The molecule has 0 spiro atoms. The first-order valence-electron chi connectivity index (χ1n) is 6.72. The van der Waals surface area contributed by atoms with Gasteiger partial charge in [-0.2, -0.15) is 8.75 Å². The van der Waals surface area contributed by atoms with Crippen molar-refractivity contribution < 1.29 is 4.79 Å². The number of fused-ring (bicyclic) bond motifs is 2. The molecule has 2 fully saturated rings. The number of urea groups is 1. The molecule has 0 aromatic carbocycles. The van der Waals surface area contributed by atoms with E-state index >= 15 is 0 Å². The van der Waals surface area contributed by atoms with Crippen molar-refractivity contribution in [3.63, 3.8) is 0 Å². The maximum Gasteiger partial charge on any atom is 0.323 e. The summed E-state index contributed by atoms with van der Waals surface area (Å²) in [7, 11) is 0. The highest BCUT2D eigenvalue weighted by atomic mass is 32.1. The number of nitrogens with one attached hydrogen (secondary N) is 1. The van der Waals surface area contributed by atoms with Crippen LogP contribution in [0.15, 0.2) is 6.20 Å². The van der Waals surface area contributed by atoms with E-state index in [0.717, 1.165) is 31.1 Å². The fourth-order valence-electron chi connectivity index (χ4n) is 4.10. The van der Waals surface area contributed by atoms with Gasteiger partial charge in [-0.15, -0.1) is 0 Å². The second kappa shape index (κ2) is 4.16. The number of amides is 2. The molecule has 1 saturated carbocycles. The zero-order chi connectivity index (χ0) is 13.7. The van der Waals surface area contributed by atoms with Crippen molar-refractivity contribution in [3.05, 3.63) is 6.20 Å². The fraction of sp³-hybridized carbons (Fsp3) is 0.769. The predicted molar refractivity (Wildman–Crippen MR) is 75.2 cm³/mol. The Morgan fingerprint density at radius 2 is 2.26 bits per heavy atom. The molecule has 1 aromatic heterocycles. The summed E-state index contributed by atoms with van der Waals surface area (Å²) >= 11 is 1.11. The molecule has 1 N–H and O–H groups in total. The molecular weight excluding hydrogens is 260 g/mol. The van der Waals surface area contributed by atoms with Gasteiger partial charge < -0.3 is 4.90 Å². The first-order valence-corrected chi connectivity index (χ1v) is 7.45. The molecule has 2 atom stereocenters. The maximum absolute atomic E-state index is 12.4. The summed E-state index contributed by atoms with van der Waals surface area (Å²) < 4.78 is 7.93. The zero-order valence-corrected chi connectivity index (χ0v) is 12.5.